The van der Waals surface area contributed by atoms with E-state index in [-0.39, 0.29) is 5.88 Å². The Bertz CT molecular complexity index is 980. The van der Waals surface area contributed by atoms with Crippen LogP contribution in [0.5, 0.6) is 11.6 Å². The molecular weight excluding hydrogens is 336 g/mol. The molecule has 6 nitrogen and oxygen atoms in total. The summed E-state index contributed by atoms with van der Waals surface area (Å²) in [6, 6.07) is 11.3. The molecule has 0 fully saturated rings. The molecule has 1 aliphatic rings. The van der Waals surface area contributed by atoms with Gasteiger partial charge in [0.15, 0.2) is 5.13 Å². The Balaban J connectivity index is 1.62. The molecule has 0 saturated carbocycles. The summed E-state index contributed by atoms with van der Waals surface area (Å²) in [6.45, 7) is 0. The number of aliphatic imine (C=N–C) groups is 1. The van der Waals surface area contributed by atoms with Crippen LogP contribution in [-0.4, -0.2) is 28.4 Å². The lowest BCUT2D eigenvalue weighted by Crippen LogP contribution is -1.90. The number of rotatable bonds is 4. The van der Waals surface area contributed by atoms with Crippen LogP contribution in [0.2, 0.25) is 0 Å². The first kappa shape index (κ1) is 15.3. The van der Waals surface area contributed by atoms with E-state index in [0.29, 0.717) is 15.8 Å². The van der Waals surface area contributed by atoms with Gasteiger partial charge < -0.3 is 15.2 Å². The van der Waals surface area contributed by atoms with Crippen LogP contribution in [0.15, 0.2) is 47.6 Å². The summed E-state index contributed by atoms with van der Waals surface area (Å²) >= 11 is 1.35. The molecule has 0 unspecified atom stereocenters. The van der Waals surface area contributed by atoms with Gasteiger partial charge in [0.1, 0.15) is 11.6 Å². The second-order valence-corrected chi connectivity index (χ2v) is 6.32. The third-order valence-electron chi connectivity index (χ3n) is 3.68. The predicted octanol–water partition coefficient (Wildman–Crippen LogP) is 4.25. The smallest absolute Gasteiger partial charge is 0.231 e. The van der Waals surface area contributed by atoms with Crippen LogP contribution in [-0.2, 0) is 0 Å². The molecule has 3 heterocycles. The fourth-order valence-corrected chi connectivity index (χ4v) is 3.29. The van der Waals surface area contributed by atoms with E-state index in [1.807, 2.05) is 42.5 Å². The van der Waals surface area contributed by atoms with Gasteiger partial charge in [0.2, 0.25) is 5.88 Å². The minimum atomic E-state index is -0.0220. The van der Waals surface area contributed by atoms with Crippen molar-refractivity contribution in [3.05, 3.63) is 53.0 Å². The normalized spacial score (nSPS) is 13.9. The summed E-state index contributed by atoms with van der Waals surface area (Å²) in [7, 11) is 1.63. The fourth-order valence-electron chi connectivity index (χ4n) is 2.47. The zero-order valence-electron chi connectivity index (χ0n) is 13.3. The Hall–Kier alpha value is -3.19. The summed E-state index contributed by atoms with van der Waals surface area (Å²) in [5.41, 5.74) is 2.76. The van der Waals surface area contributed by atoms with Crippen molar-refractivity contribution in [3.63, 3.8) is 0 Å². The Labute approximate surface area is 148 Å². The minimum Gasteiger partial charge on any atom is -0.497 e. The molecule has 4 rings (SSSR count). The first-order valence-electron chi connectivity index (χ1n) is 7.55. The predicted molar refractivity (Wildman–Crippen MR) is 100 cm³/mol. The van der Waals surface area contributed by atoms with Gasteiger partial charge in [0.25, 0.3) is 0 Å². The molecule has 124 valence electrons. The number of benzene rings is 1. The maximum absolute atomic E-state index is 10.1. The SMILES string of the molecule is COc1ccc2c(c1)N=C/C2=C\c1sc(Nc2ccccn2)nc1O. The molecule has 0 aliphatic carbocycles. The van der Waals surface area contributed by atoms with Gasteiger partial charge in [-0.2, -0.15) is 4.98 Å². The molecule has 0 radical (unpaired) electrons. The maximum atomic E-state index is 10.1. The molecule has 2 aromatic heterocycles. The van der Waals surface area contributed by atoms with Crippen molar-refractivity contribution in [2.24, 2.45) is 4.99 Å². The zero-order chi connectivity index (χ0) is 17.2. The Morgan fingerprint density at radius 2 is 2.16 bits per heavy atom. The van der Waals surface area contributed by atoms with Gasteiger partial charge in [-0.25, -0.2) is 4.98 Å². The van der Waals surface area contributed by atoms with Crippen LogP contribution in [0.1, 0.15) is 10.4 Å². The van der Waals surface area contributed by atoms with Crippen LogP contribution < -0.4 is 10.1 Å². The molecule has 0 amide bonds. The Morgan fingerprint density at radius 1 is 1.24 bits per heavy atom. The lowest BCUT2D eigenvalue weighted by molar-refractivity contribution is 0.415. The molecule has 2 N–H and O–H groups in total. The second kappa shape index (κ2) is 6.37. The van der Waals surface area contributed by atoms with Crippen LogP contribution in [0.3, 0.4) is 0 Å². The van der Waals surface area contributed by atoms with E-state index in [4.69, 9.17) is 4.74 Å². The number of ether oxygens (including phenoxy) is 1. The van der Waals surface area contributed by atoms with E-state index in [2.05, 4.69) is 20.3 Å². The van der Waals surface area contributed by atoms with E-state index in [1.165, 1.54) is 11.3 Å². The highest BCUT2D eigenvalue weighted by Crippen LogP contribution is 2.38. The van der Waals surface area contributed by atoms with Crippen molar-refractivity contribution in [2.75, 3.05) is 12.4 Å². The molecule has 0 saturated heterocycles. The number of fused-ring (bicyclic) bond motifs is 1. The number of nitrogens with one attached hydrogen (secondary N) is 1. The number of aromatic nitrogens is 2. The van der Waals surface area contributed by atoms with Gasteiger partial charge in [0.05, 0.1) is 17.7 Å². The van der Waals surface area contributed by atoms with Crippen LogP contribution >= 0.6 is 11.3 Å². The van der Waals surface area contributed by atoms with Gasteiger partial charge in [-0.3, -0.25) is 4.99 Å². The summed E-state index contributed by atoms with van der Waals surface area (Å²) in [5, 5.41) is 13.8. The number of allylic oxidation sites excluding steroid dienone is 1. The van der Waals surface area contributed by atoms with Crippen molar-refractivity contribution in [1.29, 1.82) is 0 Å². The molecule has 3 aromatic rings. The van der Waals surface area contributed by atoms with Gasteiger partial charge in [-0.05, 0) is 30.3 Å². The van der Waals surface area contributed by atoms with Crippen LogP contribution in [0.4, 0.5) is 16.6 Å². The van der Waals surface area contributed by atoms with E-state index >= 15 is 0 Å². The third-order valence-corrected chi connectivity index (χ3v) is 4.59. The topological polar surface area (TPSA) is 79.6 Å². The highest BCUT2D eigenvalue weighted by atomic mass is 32.1. The number of anilines is 2. The molecule has 0 spiro atoms. The lowest BCUT2D eigenvalue weighted by atomic mass is 10.1. The lowest BCUT2D eigenvalue weighted by Gasteiger charge is -2.02. The van der Waals surface area contributed by atoms with Crippen molar-refractivity contribution >= 4 is 45.8 Å². The van der Waals surface area contributed by atoms with Gasteiger partial charge in [-0.15, -0.1) is 0 Å². The van der Waals surface area contributed by atoms with Gasteiger partial charge in [0, 0.05) is 29.6 Å². The van der Waals surface area contributed by atoms with Crippen LogP contribution in [0.25, 0.3) is 11.6 Å². The van der Waals surface area contributed by atoms with Gasteiger partial charge >= 0.3 is 0 Å². The third kappa shape index (κ3) is 3.09. The quantitative estimate of drug-likeness (QED) is 0.735. The van der Waals surface area contributed by atoms with E-state index in [1.54, 1.807) is 19.5 Å². The Morgan fingerprint density at radius 3 is 2.96 bits per heavy atom. The van der Waals surface area contributed by atoms with E-state index in [0.717, 1.165) is 22.6 Å². The summed E-state index contributed by atoms with van der Waals surface area (Å²) in [5.74, 6) is 1.42. The van der Waals surface area contributed by atoms with Crippen molar-refractivity contribution in [1.82, 2.24) is 9.97 Å². The summed E-state index contributed by atoms with van der Waals surface area (Å²) in [4.78, 5) is 13.4. The summed E-state index contributed by atoms with van der Waals surface area (Å²) in [6.07, 6.45) is 5.34. The van der Waals surface area contributed by atoms with E-state index in [9.17, 15) is 5.11 Å². The number of thiazole rings is 1. The average molecular weight is 350 g/mol. The number of hydrogen-bond acceptors (Lipinski definition) is 7. The molecule has 1 aliphatic heterocycles. The first-order chi connectivity index (χ1) is 12.2. The zero-order valence-corrected chi connectivity index (χ0v) is 14.1. The number of nitrogens with zero attached hydrogens (tertiary/aromatic N) is 3. The minimum absolute atomic E-state index is 0.0220. The molecule has 25 heavy (non-hydrogen) atoms. The number of methoxy groups -OCH3 is 1. The van der Waals surface area contributed by atoms with Crippen molar-refractivity contribution in [2.45, 2.75) is 0 Å². The standard InChI is InChI=1S/C18H14N4O2S/c1-24-12-5-6-13-11(10-20-14(13)9-12)8-15-17(23)22-18(25-15)21-16-4-2-3-7-19-16/h2-10,23H,1H3,(H,19,21,22)/b11-8+. The van der Waals surface area contributed by atoms with Crippen molar-refractivity contribution in [3.8, 4) is 11.6 Å². The monoisotopic (exact) mass is 350 g/mol. The first-order valence-corrected chi connectivity index (χ1v) is 8.36. The number of hydrogen-bond donors (Lipinski definition) is 2. The molecule has 0 atom stereocenters. The summed E-state index contributed by atoms with van der Waals surface area (Å²) < 4.78 is 5.22. The highest BCUT2D eigenvalue weighted by Gasteiger charge is 2.16. The van der Waals surface area contributed by atoms with Crippen molar-refractivity contribution < 1.29 is 9.84 Å². The number of aromatic hydroxyl groups is 1. The van der Waals surface area contributed by atoms with E-state index < -0.39 is 0 Å². The molecule has 0 bridgehead atoms. The van der Waals surface area contributed by atoms with Crippen LogP contribution in [0, 0.1) is 0 Å². The maximum Gasteiger partial charge on any atom is 0.231 e. The molecular formula is C18H14N4O2S. The second-order valence-electron chi connectivity index (χ2n) is 5.29. The van der Waals surface area contributed by atoms with Gasteiger partial charge in [-0.1, -0.05) is 17.4 Å². The molecule has 7 heteroatoms. The average Bonchev–Trinajstić information content (AvgIpc) is 3.19. The number of pyridine rings is 1. The highest BCUT2D eigenvalue weighted by molar-refractivity contribution is 7.16. The fraction of sp³-hybridized carbons (Fsp3) is 0.0556. The largest absolute Gasteiger partial charge is 0.497 e. The Kier molecular flexibility index (Phi) is 3.91. The molecule has 1 aromatic carbocycles.